The first-order valence-electron chi connectivity index (χ1n) is 7.87. The standard InChI is InChI=1S/C20H21NO/c1-3-16-12-18-10-9-17(13-19(18)21-20(16)22)14(2)11-15-7-5-4-6-8-15/h4-10,12-14H,3,11H2,1-2H3,(H,21,22). The Morgan fingerprint density at radius 2 is 1.82 bits per heavy atom. The molecule has 3 rings (SSSR count). The van der Waals surface area contributed by atoms with E-state index in [1.807, 2.05) is 19.1 Å². The van der Waals surface area contributed by atoms with Crippen LogP contribution in [0.4, 0.5) is 0 Å². The molecule has 0 bridgehead atoms. The minimum atomic E-state index is 0.0304. The van der Waals surface area contributed by atoms with Gasteiger partial charge in [0, 0.05) is 11.1 Å². The summed E-state index contributed by atoms with van der Waals surface area (Å²) in [5.41, 5.74) is 4.40. The number of benzene rings is 2. The van der Waals surface area contributed by atoms with E-state index in [1.165, 1.54) is 11.1 Å². The van der Waals surface area contributed by atoms with E-state index in [9.17, 15) is 4.79 Å². The average Bonchev–Trinajstić information content (AvgIpc) is 2.54. The van der Waals surface area contributed by atoms with Crippen molar-refractivity contribution in [2.45, 2.75) is 32.6 Å². The molecule has 0 fully saturated rings. The average molecular weight is 291 g/mol. The lowest BCUT2D eigenvalue weighted by molar-refractivity contribution is 0.760. The van der Waals surface area contributed by atoms with E-state index in [0.29, 0.717) is 5.92 Å². The Morgan fingerprint density at radius 1 is 1.05 bits per heavy atom. The lowest BCUT2D eigenvalue weighted by atomic mass is 9.93. The Bertz CT molecular complexity index is 833. The maximum atomic E-state index is 12.0. The fourth-order valence-corrected chi connectivity index (χ4v) is 2.92. The summed E-state index contributed by atoms with van der Waals surface area (Å²) in [6, 6.07) is 18.9. The molecule has 2 aromatic carbocycles. The van der Waals surface area contributed by atoms with Crippen LogP contribution in [0.2, 0.25) is 0 Å². The van der Waals surface area contributed by atoms with E-state index in [1.54, 1.807) is 0 Å². The number of aryl methyl sites for hydroxylation is 1. The number of aromatic nitrogens is 1. The highest BCUT2D eigenvalue weighted by atomic mass is 16.1. The van der Waals surface area contributed by atoms with E-state index < -0.39 is 0 Å². The van der Waals surface area contributed by atoms with Gasteiger partial charge in [-0.3, -0.25) is 4.79 Å². The molecule has 2 nitrogen and oxygen atoms in total. The second-order valence-electron chi connectivity index (χ2n) is 5.91. The first-order chi connectivity index (χ1) is 10.7. The van der Waals surface area contributed by atoms with Crippen LogP contribution < -0.4 is 5.56 Å². The third-order valence-electron chi connectivity index (χ3n) is 4.28. The molecule has 1 heterocycles. The smallest absolute Gasteiger partial charge is 0.251 e. The zero-order valence-electron chi connectivity index (χ0n) is 13.1. The topological polar surface area (TPSA) is 32.9 Å². The third-order valence-corrected chi connectivity index (χ3v) is 4.28. The molecule has 0 saturated carbocycles. The van der Waals surface area contributed by atoms with Crippen molar-refractivity contribution < 1.29 is 0 Å². The van der Waals surface area contributed by atoms with Gasteiger partial charge in [-0.1, -0.05) is 56.3 Å². The minimum absolute atomic E-state index is 0.0304. The normalized spacial score (nSPS) is 12.5. The quantitative estimate of drug-likeness (QED) is 0.757. The molecule has 1 aromatic heterocycles. The van der Waals surface area contributed by atoms with Gasteiger partial charge in [-0.05, 0) is 47.4 Å². The van der Waals surface area contributed by atoms with Crippen LogP contribution in [0.15, 0.2) is 59.4 Å². The molecule has 0 saturated heterocycles. The van der Waals surface area contributed by atoms with Crippen molar-refractivity contribution in [3.63, 3.8) is 0 Å². The Balaban J connectivity index is 1.93. The number of hydrogen-bond donors (Lipinski definition) is 1. The van der Waals surface area contributed by atoms with Crippen LogP contribution in [0.1, 0.15) is 36.5 Å². The first-order valence-corrected chi connectivity index (χ1v) is 7.87. The van der Waals surface area contributed by atoms with Crippen LogP contribution in [0.25, 0.3) is 10.9 Å². The van der Waals surface area contributed by atoms with Crippen LogP contribution in [-0.2, 0) is 12.8 Å². The number of nitrogens with one attached hydrogen (secondary N) is 1. The number of fused-ring (bicyclic) bond motifs is 1. The maximum absolute atomic E-state index is 12.0. The van der Waals surface area contributed by atoms with Crippen molar-refractivity contribution in [2.75, 3.05) is 0 Å². The zero-order valence-corrected chi connectivity index (χ0v) is 13.1. The highest BCUT2D eigenvalue weighted by Gasteiger charge is 2.09. The highest BCUT2D eigenvalue weighted by Crippen LogP contribution is 2.23. The second-order valence-corrected chi connectivity index (χ2v) is 5.91. The number of H-pyrrole nitrogens is 1. The molecule has 0 spiro atoms. The summed E-state index contributed by atoms with van der Waals surface area (Å²) >= 11 is 0. The molecule has 3 aromatic rings. The van der Waals surface area contributed by atoms with Crippen LogP contribution in [0.3, 0.4) is 0 Å². The van der Waals surface area contributed by atoms with Gasteiger partial charge in [0.1, 0.15) is 0 Å². The van der Waals surface area contributed by atoms with E-state index in [-0.39, 0.29) is 5.56 Å². The fourth-order valence-electron chi connectivity index (χ4n) is 2.92. The van der Waals surface area contributed by atoms with Crippen molar-refractivity contribution in [2.24, 2.45) is 0 Å². The van der Waals surface area contributed by atoms with Crippen molar-refractivity contribution >= 4 is 10.9 Å². The predicted octanol–water partition coefficient (Wildman–Crippen LogP) is 4.44. The van der Waals surface area contributed by atoms with Gasteiger partial charge in [0.05, 0.1) is 0 Å². The molecule has 0 amide bonds. The fraction of sp³-hybridized carbons (Fsp3) is 0.250. The molecule has 1 atom stereocenters. The Morgan fingerprint density at radius 3 is 2.55 bits per heavy atom. The molecular formula is C20H21NO. The minimum Gasteiger partial charge on any atom is -0.322 e. The molecule has 0 aliphatic heterocycles. The molecular weight excluding hydrogens is 270 g/mol. The predicted molar refractivity (Wildman–Crippen MR) is 92.5 cm³/mol. The van der Waals surface area contributed by atoms with Crippen molar-refractivity contribution in [1.82, 2.24) is 4.98 Å². The van der Waals surface area contributed by atoms with Crippen LogP contribution in [-0.4, -0.2) is 4.98 Å². The van der Waals surface area contributed by atoms with Crippen LogP contribution >= 0.6 is 0 Å². The molecule has 0 aliphatic rings. The zero-order chi connectivity index (χ0) is 15.5. The van der Waals surface area contributed by atoms with Gasteiger partial charge in [0.2, 0.25) is 0 Å². The maximum Gasteiger partial charge on any atom is 0.251 e. The summed E-state index contributed by atoms with van der Waals surface area (Å²) in [7, 11) is 0. The van der Waals surface area contributed by atoms with Gasteiger partial charge in [-0.2, -0.15) is 0 Å². The molecule has 1 N–H and O–H groups in total. The van der Waals surface area contributed by atoms with Gasteiger partial charge < -0.3 is 4.98 Å². The van der Waals surface area contributed by atoms with E-state index in [0.717, 1.165) is 29.3 Å². The van der Waals surface area contributed by atoms with Crippen molar-refractivity contribution in [3.8, 4) is 0 Å². The molecule has 2 heteroatoms. The number of pyridine rings is 1. The molecule has 22 heavy (non-hydrogen) atoms. The second kappa shape index (κ2) is 6.18. The Labute approximate surface area is 130 Å². The SMILES string of the molecule is CCc1cc2ccc(C(C)Cc3ccccc3)cc2[nH]c1=O. The van der Waals surface area contributed by atoms with E-state index >= 15 is 0 Å². The van der Waals surface area contributed by atoms with Crippen molar-refractivity contribution in [1.29, 1.82) is 0 Å². The molecule has 1 unspecified atom stereocenters. The summed E-state index contributed by atoms with van der Waals surface area (Å²) in [5.74, 6) is 0.418. The van der Waals surface area contributed by atoms with E-state index in [4.69, 9.17) is 0 Å². The lowest BCUT2D eigenvalue weighted by Crippen LogP contribution is -2.11. The van der Waals surface area contributed by atoms with Gasteiger partial charge in [0.15, 0.2) is 0 Å². The first kappa shape index (κ1) is 14.6. The largest absolute Gasteiger partial charge is 0.322 e. The van der Waals surface area contributed by atoms with Crippen LogP contribution in [0.5, 0.6) is 0 Å². The number of aromatic amines is 1. The van der Waals surface area contributed by atoms with Crippen molar-refractivity contribution in [3.05, 3.63) is 81.6 Å². The highest BCUT2D eigenvalue weighted by molar-refractivity contribution is 5.79. The van der Waals surface area contributed by atoms with Crippen LogP contribution in [0, 0.1) is 0 Å². The van der Waals surface area contributed by atoms with Gasteiger partial charge >= 0.3 is 0 Å². The van der Waals surface area contributed by atoms with Gasteiger partial charge in [0.25, 0.3) is 5.56 Å². The Kier molecular flexibility index (Phi) is 4.10. The summed E-state index contributed by atoms with van der Waals surface area (Å²) in [6.45, 7) is 4.24. The van der Waals surface area contributed by atoms with Gasteiger partial charge in [-0.25, -0.2) is 0 Å². The number of hydrogen-bond acceptors (Lipinski definition) is 1. The number of rotatable bonds is 4. The summed E-state index contributed by atoms with van der Waals surface area (Å²) in [4.78, 5) is 15.0. The van der Waals surface area contributed by atoms with E-state index in [2.05, 4.69) is 54.4 Å². The molecule has 0 aliphatic carbocycles. The summed E-state index contributed by atoms with van der Waals surface area (Å²) < 4.78 is 0. The molecule has 112 valence electrons. The monoisotopic (exact) mass is 291 g/mol. The summed E-state index contributed by atoms with van der Waals surface area (Å²) in [5, 5.41) is 1.10. The van der Waals surface area contributed by atoms with Gasteiger partial charge in [-0.15, -0.1) is 0 Å². The molecule has 0 radical (unpaired) electrons. The Hall–Kier alpha value is -2.35. The third kappa shape index (κ3) is 2.96. The summed E-state index contributed by atoms with van der Waals surface area (Å²) in [6.07, 6.45) is 1.76. The lowest BCUT2D eigenvalue weighted by Gasteiger charge is -2.13.